The minimum absolute atomic E-state index is 0.178. The van der Waals surface area contributed by atoms with E-state index in [4.69, 9.17) is 32.7 Å². The average Bonchev–Trinajstić information content (AvgIpc) is 2.78. The van der Waals surface area contributed by atoms with E-state index < -0.39 is 23.6 Å². The maximum absolute atomic E-state index is 12.8. The van der Waals surface area contributed by atoms with Gasteiger partial charge in [-0.25, -0.2) is 0 Å². The van der Waals surface area contributed by atoms with E-state index in [2.05, 4.69) is 0 Å². The molecule has 0 radical (unpaired) electrons. The molecular formula is C25H19Cl2NO4. The van der Waals surface area contributed by atoms with Crippen molar-refractivity contribution in [1.29, 1.82) is 5.26 Å². The van der Waals surface area contributed by atoms with E-state index in [1.54, 1.807) is 60.7 Å². The van der Waals surface area contributed by atoms with Crippen molar-refractivity contribution < 1.29 is 19.1 Å². The van der Waals surface area contributed by atoms with Crippen LogP contribution in [0.25, 0.3) is 0 Å². The second kappa shape index (κ2) is 10.3. The molecule has 0 aliphatic heterocycles. The van der Waals surface area contributed by atoms with E-state index in [1.807, 2.05) is 13.0 Å². The van der Waals surface area contributed by atoms with Gasteiger partial charge in [-0.05, 0) is 43.7 Å². The molecular weight excluding hydrogens is 449 g/mol. The van der Waals surface area contributed by atoms with Crippen LogP contribution < -0.4 is 9.47 Å². The van der Waals surface area contributed by atoms with Gasteiger partial charge in [0.15, 0.2) is 23.6 Å². The largest absolute Gasteiger partial charge is 0.481 e. The Morgan fingerprint density at radius 3 is 2.31 bits per heavy atom. The Balaban J connectivity index is 1.77. The lowest BCUT2D eigenvalue weighted by molar-refractivity contribution is -0.126. The number of ether oxygens (including phenoxy) is 2. The summed E-state index contributed by atoms with van der Waals surface area (Å²) < 4.78 is 11.5. The number of benzene rings is 3. The summed E-state index contributed by atoms with van der Waals surface area (Å²) in [5, 5.41) is 10.1. The standard InChI is InChI=1S/C25H19Cl2NO4/c1-15-8-11-22(21(27)12-15)32-18-9-10-20(26)23(13-18)31-16(2)24(29)19(14-28)25(30)17-6-4-3-5-7-17/h3-13,16,19H,1-2H3. The fraction of sp³-hybridized carbons (Fsp3) is 0.160. The molecule has 0 heterocycles. The third kappa shape index (κ3) is 5.47. The van der Waals surface area contributed by atoms with E-state index in [9.17, 15) is 14.9 Å². The molecule has 162 valence electrons. The molecule has 3 aromatic rings. The van der Waals surface area contributed by atoms with Crippen molar-refractivity contribution in [2.45, 2.75) is 20.0 Å². The first kappa shape index (κ1) is 23.3. The zero-order chi connectivity index (χ0) is 23.3. The molecule has 0 aromatic heterocycles. The number of carbonyl (C=O) groups is 2. The summed E-state index contributed by atoms with van der Waals surface area (Å²) in [6.45, 7) is 3.38. The number of nitrogens with zero attached hydrogens (tertiary/aromatic N) is 1. The Labute approximate surface area is 196 Å². The van der Waals surface area contributed by atoms with Crippen molar-refractivity contribution in [3.63, 3.8) is 0 Å². The molecule has 0 aliphatic carbocycles. The second-order valence-electron chi connectivity index (χ2n) is 7.08. The third-order valence-corrected chi connectivity index (χ3v) is 5.26. The lowest BCUT2D eigenvalue weighted by atomic mass is 9.92. The molecule has 5 nitrogen and oxygen atoms in total. The molecule has 0 saturated carbocycles. The molecule has 32 heavy (non-hydrogen) atoms. The van der Waals surface area contributed by atoms with Crippen LogP contribution in [-0.4, -0.2) is 17.7 Å². The van der Waals surface area contributed by atoms with Crippen molar-refractivity contribution in [2.24, 2.45) is 5.92 Å². The van der Waals surface area contributed by atoms with Gasteiger partial charge in [0.05, 0.1) is 16.1 Å². The monoisotopic (exact) mass is 467 g/mol. The zero-order valence-corrected chi connectivity index (χ0v) is 18.9. The highest BCUT2D eigenvalue weighted by Gasteiger charge is 2.32. The zero-order valence-electron chi connectivity index (χ0n) is 17.3. The van der Waals surface area contributed by atoms with E-state index in [-0.39, 0.29) is 16.3 Å². The molecule has 0 bridgehead atoms. The first-order valence-electron chi connectivity index (χ1n) is 9.73. The Morgan fingerprint density at radius 2 is 1.66 bits per heavy atom. The molecule has 3 rings (SSSR count). The highest BCUT2D eigenvalue weighted by Crippen LogP contribution is 2.35. The number of hydrogen-bond acceptors (Lipinski definition) is 5. The first-order chi connectivity index (χ1) is 15.3. The highest BCUT2D eigenvalue weighted by molar-refractivity contribution is 6.32. The quantitative estimate of drug-likeness (QED) is 0.280. The first-order valence-corrected chi connectivity index (χ1v) is 10.5. The molecule has 0 aliphatic rings. The predicted molar refractivity (Wildman–Crippen MR) is 123 cm³/mol. The van der Waals surface area contributed by atoms with E-state index in [0.29, 0.717) is 16.5 Å². The van der Waals surface area contributed by atoms with Crippen LogP contribution in [0.3, 0.4) is 0 Å². The van der Waals surface area contributed by atoms with Gasteiger partial charge in [0.25, 0.3) is 0 Å². The molecule has 3 aromatic carbocycles. The van der Waals surface area contributed by atoms with Crippen LogP contribution in [-0.2, 0) is 4.79 Å². The van der Waals surface area contributed by atoms with Crippen molar-refractivity contribution >= 4 is 34.8 Å². The number of hydrogen-bond donors (Lipinski definition) is 0. The van der Waals surface area contributed by atoms with Gasteiger partial charge in [0.1, 0.15) is 17.2 Å². The maximum atomic E-state index is 12.8. The van der Waals surface area contributed by atoms with E-state index in [1.165, 1.54) is 13.0 Å². The summed E-state index contributed by atoms with van der Waals surface area (Å²) in [6, 6.07) is 20.1. The second-order valence-corrected chi connectivity index (χ2v) is 7.90. The van der Waals surface area contributed by atoms with Gasteiger partial charge < -0.3 is 9.47 Å². The minimum atomic E-state index is -1.49. The van der Waals surface area contributed by atoms with Gasteiger partial charge >= 0.3 is 0 Å². The fourth-order valence-corrected chi connectivity index (χ4v) is 3.39. The number of aryl methyl sites for hydroxylation is 1. The lowest BCUT2D eigenvalue weighted by Gasteiger charge is -2.18. The predicted octanol–water partition coefficient (Wildman–Crippen LogP) is 6.45. The Morgan fingerprint density at radius 1 is 0.938 bits per heavy atom. The molecule has 7 heteroatoms. The number of ketones is 2. The minimum Gasteiger partial charge on any atom is -0.481 e. The van der Waals surface area contributed by atoms with Gasteiger partial charge in [-0.1, -0.05) is 59.6 Å². The molecule has 0 fully saturated rings. The third-order valence-electron chi connectivity index (χ3n) is 4.66. The Hall–Kier alpha value is -3.33. The summed E-state index contributed by atoms with van der Waals surface area (Å²) in [5.41, 5.74) is 1.27. The molecule has 0 saturated heterocycles. The summed E-state index contributed by atoms with van der Waals surface area (Å²) >= 11 is 12.4. The molecule has 2 unspecified atom stereocenters. The SMILES string of the molecule is Cc1ccc(Oc2ccc(Cl)c(OC(C)C(=O)C(C#N)C(=O)c3ccccc3)c2)c(Cl)c1. The molecule has 0 N–H and O–H groups in total. The number of rotatable bonds is 8. The van der Waals surface area contributed by atoms with Gasteiger partial charge in [-0.2, -0.15) is 5.26 Å². The Kier molecular flexibility index (Phi) is 7.53. The highest BCUT2D eigenvalue weighted by atomic mass is 35.5. The van der Waals surface area contributed by atoms with Crippen LogP contribution in [0.2, 0.25) is 10.0 Å². The lowest BCUT2D eigenvalue weighted by Crippen LogP contribution is -2.34. The number of nitriles is 1. The molecule has 0 amide bonds. The summed E-state index contributed by atoms with van der Waals surface area (Å²) in [4.78, 5) is 25.4. The summed E-state index contributed by atoms with van der Waals surface area (Å²) in [7, 11) is 0. The van der Waals surface area contributed by atoms with Gasteiger partial charge in [0.2, 0.25) is 0 Å². The van der Waals surface area contributed by atoms with Crippen LogP contribution >= 0.6 is 23.2 Å². The van der Waals surface area contributed by atoms with Crippen LogP contribution in [0.1, 0.15) is 22.8 Å². The fourth-order valence-electron chi connectivity index (χ4n) is 2.96. The van der Waals surface area contributed by atoms with Crippen molar-refractivity contribution in [1.82, 2.24) is 0 Å². The topological polar surface area (TPSA) is 76.4 Å². The van der Waals surface area contributed by atoms with Crippen molar-refractivity contribution in [2.75, 3.05) is 0 Å². The van der Waals surface area contributed by atoms with Gasteiger partial charge in [-0.3, -0.25) is 9.59 Å². The Bertz CT molecular complexity index is 1190. The van der Waals surface area contributed by atoms with E-state index >= 15 is 0 Å². The van der Waals surface area contributed by atoms with Crippen LogP contribution in [0.15, 0.2) is 66.7 Å². The number of carbonyl (C=O) groups excluding carboxylic acids is 2. The summed E-state index contributed by atoms with van der Waals surface area (Å²) in [6.07, 6.45) is -1.09. The van der Waals surface area contributed by atoms with E-state index in [0.717, 1.165) is 5.56 Å². The maximum Gasteiger partial charge on any atom is 0.197 e. The smallest absolute Gasteiger partial charge is 0.197 e. The molecule has 2 atom stereocenters. The van der Waals surface area contributed by atoms with Gasteiger partial charge in [0, 0.05) is 11.6 Å². The number of halogens is 2. The van der Waals surface area contributed by atoms with Crippen LogP contribution in [0, 0.1) is 24.2 Å². The normalized spacial score (nSPS) is 12.3. The van der Waals surface area contributed by atoms with Gasteiger partial charge in [-0.15, -0.1) is 0 Å². The van der Waals surface area contributed by atoms with Crippen molar-refractivity contribution in [3.05, 3.63) is 87.9 Å². The number of Topliss-reactive ketones (excluding diaryl/α,β-unsaturated/α-hetero) is 2. The summed E-state index contributed by atoms with van der Waals surface area (Å²) in [5.74, 6) is -1.70. The van der Waals surface area contributed by atoms with Crippen LogP contribution in [0.4, 0.5) is 0 Å². The van der Waals surface area contributed by atoms with Crippen molar-refractivity contribution in [3.8, 4) is 23.3 Å². The van der Waals surface area contributed by atoms with Crippen LogP contribution in [0.5, 0.6) is 17.2 Å². The molecule has 0 spiro atoms. The average molecular weight is 468 g/mol.